The van der Waals surface area contributed by atoms with Gasteiger partial charge in [0.15, 0.2) is 6.04 Å². The summed E-state index contributed by atoms with van der Waals surface area (Å²) < 4.78 is 42.4. The maximum atomic E-state index is 13.8. The number of nitrogens with one attached hydrogen (secondary N) is 2. The van der Waals surface area contributed by atoms with E-state index in [0.717, 1.165) is 26.9 Å². The van der Waals surface area contributed by atoms with E-state index in [4.69, 9.17) is 0 Å². The smallest absolute Gasteiger partial charge is 0.363 e. The van der Waals surface area contributed by atoms with Crippen molar-refractivity contribution in [3.05, 3.63) is 82.5 Å². The molecule has 0 fully saturated rings. The van der Waals surface area contributed by atoms with E-state index in [-0.39, 0.29) is 24.6 Å². The van der Waals surface area contributed by atoms with Crippen molar-refractivity contribution in [1.29, 1.82) is 0 Å². The van der Waals surface area contributed by atoms with Crippen molar-refractivity contribution in [2.75, 3.05) is 5.32 Å². The number of aromatic nitrogens is 2. The van der Waals surface area contributed by atoms with Gasteiger partial charge in [-0.1, -0.05) is 59.7 Å². The van der Waals surface area contributed by atoms with E-state index in [0.29, 0.717) is 12.1 Å². The van der Waals surface area contributed by atoms with E-state index >= 15 is 0 Å². The first-order chi connectivity index (χ1) is 15.2. The molecule has 0 unspecified atom stereocenters. The molecule has 5 nitrogen and oxygen atoms in total. The number of halogens is 3. The van der Waals surface area contributed by atoms with E-state index < -0.39 is 18.3 Å². The molecule has 0 radical (unpaired) electrons. The Morgan fingerprint density at radius 1 is 1.09 bits per heavy atom. The van der Waals surface area contributed by atoms with E-state index in [1.807, 2.05) is 62.4 Å². The highest BCUT2D eigenvalue weighted by Gasteiger charge is 2.46. The highest BCUT2D eigenvalue weighted by molar-refractivity contribution is 5.80. The summed E-state index contributed by atoms with van der Waals surface area (Å²) in [7, 11) is 0. The zero-order chi connectivity index (χ0) is 22.9. The molecule has 2 heterocycles. The predicted molar refractivity (Wildman–Crippen MR) is 116 cm³/mol. The van der Waals surface area contributed by atoms with Gasteiger partial charge >= 0.3 is 6.18 Å². The Morgan fingerprint density at radius 2 is 1.72 bits per heavy atom. The lowest BCUT2D eigenvalue weighted by molar-refractivity contribution is -0.173. The summed E-state index contributed by atoms with van der Waals surface area (Å²) in [6.45, 7) is 4.27. The third kappa shape index (κ3) is 4.79. The maximum absolute atomic E-state index is 13.8. The minimum absolute atomic E-state index is 0.0562. The van der Waals surface area contributed by atoms with Crippen LogP contribution in [0.2, 0.25) is 0 Å². The summed E-state index contributed by atoms with van der Waals surface area (Å²) in [4.78, 5) is 12.5. The summed E-state index contributed by atoms with van der Waals surface area (Å²) in [6.07, 6.45) is -3.32. The minimum Gasteiger partial charge on any atom is -0.363 e. The van der Waals surface area contributed by atoms with Gasteiger partial charge in [0, 0.05) is 18.5 Å². The number of anilines is 1. The highest BCUT2D eigenvalue weighted by atomic mass is 19.4. The molecule has 3 aromatic rings. The number of aryl methyl sites for hydroxylation is 2. The molecule has 1 aliphatic heterocycles. The van der Waals surface area contributed by atoms with Gasteiger partial charge < -0.3 is 10.6 Å². The van der Waals surface area contributed by atoms with Crippen LogP contribution in [0.4, 0.5) is 19.0 Å². The zero-order valence-electron chi connectivity index (χ0n) is 17.9. The van der Waals surface area contributed by atoms with Crippen molar-refractivity contribution in [3.8, 4) is 0 Å². The van der Waals surface area contributed by atoms with Crippen molar-refractivity contribution in [3.63, 3.8) is 0 Å². The second-order valence-electron chi connectivity index (χ2n) is 8.30. The number of carbonyl (C=O) groups is 1. The number of hydrogen-bond donors (Lipinski definition) is 2. The quantitative estimate of drug-likeness (QED) is 0.583. The molecular formula is C24H25F3N4O. The molecule has 0 aliphatic carbocycles. The predicted octanol–water partition coefficient (Wildman–Crippen LogP) is 5.02. The largest absolute Gasteiger partial charge is 0.410 e. The summed E-state index contributed by atoms with van der Waals surface area (Å²) in [5, 5.41) is 10.00. The van der Waals surface area contributed by atoms with Crippen molar-refractivity contribution >= 4 is 11.7 Å². The van der Waals surface area contributed by atoms with Crippen molar-refractivity contribution in [1.82, 2.24) is 15.1 Å². The van der Waals surface area contributed by atoms with Gasteiger partial charge in [-0.15, -0.1) is 0 Å². The Morgan fingerprint density at radius 3 is 2.34 bits per heavy atom. The first kappa shape index (κ1) is 21.9. The van der Waals surface area contributed by atoms with Crippen molar-refractivity contribution in [2.24, 2.45) is 0 Å². The molecule has 2 aromatic carbocycles. The molecule has 1 aromatic heterocycles. The third-order valence-electron chi connectivity index (χ3n) is 5.76. The van der Waals surface area contributed by atoms with Crippen LogP contribution in [0.5, 0.6) is 0 Å². The molecule has 1 amide bonds. The highest BCUT2D eigenvalue weighted by Crippen LogP contribution is 2.44. The van der Waals surface area contributed by atoms with E-state index in [9.17, 15) is 18.0 Å². The topological polar surface area (TPSA) is 59.0 Å². The minimum atomic E-state index is -4.45. The SMILES string of the molecule is Cc1ccc(CNC(=O)Cc2cnn3c2N[C@@H](c2ccc(C)cc2)C[C@H]3C(F)(F)F)cc1. The molecule has 0 saturated heterocycles. The van der Waals surface area contributed by atoms with Crippen LogP contribution in [-0.2, 0) is 17.8 Å². The van der Waals surface area contributed by atoms with Gasteiger partial charge in [0.1, 0.15) is 5.82 Å². The molecular weight excluding hydrogens is 417 g/mol. The van der Waals surface area contributed by atoms with Gasteiger partial charge in [-0.25, -0.2) is 4.68 Å². The summed E-state index contributed by atoms with van der Waals surface area (Å²) in [5.41, 5.74) is 4.33. The summed E-state index contributed by atoms with van der Waals surface area (Å²) >= 11 is 0. The summed E-state index contributed by atoms with van der Waals surface area (Å²) in [6, 6.07) is 12.9. The Balaban J connectivity index is 1.53. The fourth-order valence-electron chi connectivity index (χ4n) is 3.90. The standard InChI is InChI=1S/C24H25F3N4O/c1-15-3-7-17(8-4-15)13-28-22(32)11-19-14-29-31-21(24(25,26)27)12-20(30-23(19)31)18-9-5-16(2)6-10-18/h3-10,14,20-21,30H,11-13H2,1-2H3,(H,28,32)/t20-,21+/m1/s1. The number of nitrogens with zero attached hydrogens (tertiary/aromatic N) is 2. The number of alkyl halides is 3. The van der Waals surface area contributed by atoms with Gasteiger partial charge in [0.25, 0.3) is 0 Å². The Hall–Kier alpha value is -3.29. The number of benzene rings is 2. The fraction of sp³-hybridized carbons (Fsp3) is 0.333. The van der Waals surface area contributed by atoms with E-state index in [1.165, 1.54) is 6.20 Å². The number of hydrogen-bond acceptors (Lipinski definition) is 3. The van der Waals surface area contributed by atoms with Crippen molar-refractivity contribution < 1.29 is 18.0 Å². The van der Waals surface area contributed by atoms with Crippen LogP contribution < -0.4 is 10.6 Å². The molecule has 1 aliphatic rings. The first-order valence-corrected chi connectivity index (χ1v) is 10.5. The molecule has 32 heavy (non-hydrogen) atoms. The van der Waals surface area contributed by atoms with Crippen LogP contribution >= 0.6 is 0 Å². The third-order valence-corrected chi connectivity index (χ3v) is 5.76. The Bertz CT molecular complexity index is 1090. The van der Waals surface area contributed by atoms with E-state index in [2.05, 4.69) is 15.7 Å². The van der Waals surface area contributed by atoms with Gasteiger partial charge in [-0.2, -0.15) is 18.3 Å². The van der Waals surface area contributed by atoms with Crippen LogP contribution in [0.15, 0.2) is 54.7 Å². The fourth-order valence-corrected chi connectivity index (χ4v) is 3.90. The van der Waals surface area contributed by atoms with Crippen LogP contribution in [0.25, 0.3) is 0 Å². The number of carbonyl (C=O) groups excluding carboxylic acids is 1. The number of amides is 1. The Kier molecular flexibility index (Phi) is 5.95. The number of rotatable bonds is 5. The lowest BCUT2D eigenvalue weighted by Gasteiger charge is -2.34. The van der Waals surface area contributed by atoms with Crippen LogP contribution in [0, 0.1) is 13.8 Å². The van der Waals surface area contributed by atoms with Gasteiger partial charge in [-0.05, 0) is 25.0 Å². The Labute approximate surface area is 184 Å². The normalized spacial score (nSPS) is 18.0. The van der Waals surface area contributed by atoms with Gasteiger partial charge in [0.05, 0.1) is 18.7 Å². The maximum Gasteiger partial charge on any atom is 0.410 e. The molecule has 2 atom stereocenters. The summed E-state index contributed by atoms with van der Waals surface area (Å²) in [5.74, 6) is -0.0289. The molecule has 4 rings (SSSR count). The number of fused-ring (bicyclic) bond motifs is 1. The average Bonchev–Trinajstić information content (AvgIpc) is 3.15. The molecule has 168 valence electrons. The van der Waals surface area contributed by atoms with Crippen LogP contribution in [0.1, 0.15) is 46.3 Å². The lowest BCUT2D eigenvalue weighted by Crippen LogP contribution is -2.36. The molecule has 0 bridgehead atoms. The average molecular weight is 442 g/mol. The lowest BCUT2D eigenvalue weighted by atomic mass is 9.96. The second kappa shape index (κ2) is 8.68. The van der Waals surface area contributed by atoms with Gasteiger partial charge in [-0.3, -0.25) is 4.79 Å². The second-order valence-corrected chi connectivity index (χ2v) is 8.30. The zero-order valence-corrected chi connectivity index (χ0v) is 17.9. The first-order valence-electron chi connectivity index (χ1n) is 10.5. The van der Waals surface area contributed by atoms with Crippen LogP contribution in [-0.4, -0.2) is 21.9 Å². The van der Waals surface area contributed by atoms with E-state index in [1.54, 1.807) is 0 Å². The molecule has 8 heteroatoms. The van der Waals surface area contributed by atoms with Crippen LogP contribution in [0.3, 0.4) is 0 Å². The molecule has 0 spiro atoms. The molecule has 2 N–H and O–H groups in total. The molecule has 0 saturated carbocycles. The monoisotopic (exact) mass is 442 g/mol. The van der Waals surface area contributed by atoms with Crippen molar-refractivity contribution in [2.45, 2.75) is 51.5 Å². The van der Waals surface area contributed by atoms with Gasteiger partial charge in [0.2, 0.25) is 5.91 Å².